The number of amides is 2. The summed E-state index contributed by atoms with van der Waals surface area (Å²) < 4.78 is 0. The fourth-order valence-electron chi connectivity index (χ4n) is 5.88. The van der Waals surface area contributed by atoms with Gasteiger partial charge in [0.1, 0.15) is 5.54 Å². The summed E-state index contributed by atoms with van der Waals surface area (Å²) in [5, 5.41) is 6.10. The Balaban J connectivity index is 1.58. The van der Waals surface area contributed by atoms with Gasteiger partial charge in [0.15, 0.2) is 0 Å². The summed E-state index contributed by atoms with van der Waals surface area (Å²) in [6.07, 6.45) is 6.37. The predicted octanol–water partition coefficient (Wildman–Crippen LogP) is 3.69. The number of hydrogen-bond donors (Lipinski definition) is 2. The van der Waals surface area contributed by atoms with Crippen LogP contribution in [0.1, 0.15) is 57.4 Å². The molecule has 5 rings (SSSR count). The standard InChI is InChI=1S/C21H28N2O2/c1-13(2)16-3-5-19(6-4-16)23-20(25)21(22-12-24)17-8-14-7-15(10-17)11-18(21)9-14/h3-6,12-15,17-18H,7-11H2,1-2H3,(H,22,24)(H,23,25). The topological polar surface area (TPSA) is 58.2 Å². The zero-order valence-corrected chi connectivity index (χ0v) is 15.1. The molecule has 2 N–H and O–H groups in total. The molecule has 4 heteroatoms. The molecule has 1 aromatic carbocycles. The van der Waals surface area contributed by atoms with Gasteiger partial charge in [-0.05, 0) is 79.4 Å². The summed E-state index contributed by atoms with van der Waals surface area (Å²) in [6.45, 7) is 4.32. The van der Waals surface area contributed by atoms with Gasteiger partial charge in [-0.25, -0.2) is 0 Å². The van der Waals surface area contributed by atoms with E-state index >= 15 is 0 Å². The number of anilines is 1. The second-order valence-electron chi connectivity index (χ2n) is 8.67. The summed E-state index contributed by atoms with van der Waals surface area (Å²) >= 11 is 0. The third-order valence-electron chi connectivity index (χ3n) is 6.93. The van der Waals surface area contributed by atoms with E-state index in [1.54, 1.807) is 0 Å². The van der Waals surface area contributed by atoms with Crippen molar-refractivity contribution in [3.05, 3.63) is 29.8 Å². The van der Waals surface area contributed by atoms with Gasteiger partial charge >= 0.3 is 0 Å². The first-order valence-electron chi connectivity index (χ1n) is 9.65. The number of hydrogen-bond acceptors (Lipinski definition) is 2. The second kappa shape index (κ2) is 6.15. The average molecular weight is 340 g/mol. The van der Waals surface area contributed by atoms with E-state index in [2.05, 4.69) is 36.6 Å². The molecule has 4 aliphatic rings. The summed E-state index contributed by atoms with van der Waals surface area (Å²) in [6, 6.07) is 8.07. The number of benzene rings is 1. The number of carbonyl (C=O) groups excluding carboxylic acids is 2. The highest BCUT2D eigenvalue weighted by atomic mass is 16.2. The van der Waals surface area contributed by atoms with Crippen LogP contribution >= 0.6 is 0 Å². The molecule has 0 aromatic heterocycles. The zero-order valence-electron chi connectivity index (χ0n) is 15.1. The van der Waals surface area contributed by atoms with Crippen molar-refractivity contribution in [1.82, 2.24) is 5.32 Å². The van der Waals surface area contributed by atoms with Crippen molar-refractivity contribution in [1.29, 1.82) is 0 Å². The number of rotatable bonds is 5. The predicted molar refractivity (Wildman–Crippen MR) is 98.1 cm³/mol. The molecule has 0 spiro atoms. The molecule has 2 amide bonds. The third-order valence-corrected chi connectivity index (χ3v) is 6.93. The first kappa shape index (κ1) is 16.6. The van der Waals surface area contributed by atoms with Gasteiger partial charge in [-0.3, -0.25) is 9.59 Å². The lowest BCUT2D eigenvalue weighted by molar-refractivity contribution is -0.144. The van der Waals surface area contributed by atoms with Gasteiger partial charge in [0.2, 0.25) is 6.41 Å². The first-order chi connectivity index (χ1) is 12.0. The van der Waals surface area contributed by atoms with Crippen molar-refractivity contribution in [3.8, 4) is 0 Å². The molecule has 0 unspecified atom stereocenters. The molecule has 25 heavy (non-hydrogen) atoms. The first-order valence-corrected chi connectivity index (χ1v) is 9.65. The Morgan fingerprint density at radius 1 is 1.04 bits per heavy atom. The Kier molecular flexibility index (Phi) is 4.09. The van der Waals surface area contributed by atoms with Crippen LogP contribution < -0.4 is 10.6 Å². The smallest absolute Gasteiger partial charge is 0.250 e. The van der Waals surface area contributed by atoms with E-state index in [0.717, 1.165) is 49.6 Å². The highest BCUT2D eigenvalue weighted by molar-refractivity contribution is 6.00. The Hall–Kier alpha value is -1.84. The van der Waals surface area contributed by atoms with Crippen LogP contribution in [0.4, 0.5) is 5.69 Å². The highest BCUT2D eigenvalue weighted by Gasteiger charge is 2.61. The SMILES string of the molecule is CC(C)c1ccc(NC(=O)C2(NC=O)C3CC4CC(C3)CC2C4)cc1. The minimum atomic E-state index is -0.716. The van der Waals surface area contributed by atoms with E-state index in [0.29, 0.717) is 5.92 Å². The van der Waals surface area contributed by atoms with Gasteiger partial charge in [0.25, 0.3) is 5.91 Å². The molecule has 0 atom stereocenters. The van der Waals surface area contributed by atoms with Crippen LogP contribution in [0.5, 0.6) is 0 Å². The van der Waals surface area contributed by atoms with Crippen LogP contribution in [0.15, 0.2) is 24.3 Å². The van der Waals surface area contributed by atoms with Crippen LogP contribution in [0.2, 0.25) is 0 Å². The molecule has 0 saturated heterocycles. The van der Waals surface area contributed by atoms with Crippen LogP contribution in [0, 0.1) is 23.7 Å². The summed E-state index contributed by atoms with van der Waals surface area (Å²) in [7, 11) is 0. The minimum Gasteiger partial charge on any atom is -0.344 e. The Bertz CT molecular complexity index is 637. The molecule has 4 aliphatic carbocycles. The van der Waals surface area contributed by atoms with Crippen LogP contribution in [0.25, 0.3) is 0 Å². The Labute approximate surface area is 149 Å². The molecule has 0 radical (unpaired) electrons. The number of carbonyl (C=O) groups is 2. The van der Waals surface area contributed by atoms with Gasteiger partial charge in [-0.1, -0.05) is 26.0 Å². The van der Waals surface area contributed by atoms with Crippen molar-refractivity contribution in [2.75, 3.05) is 5.32 Å². The highest BCUT2D eigenvalue weighted by Crippen LogP contribution is 2.58. The fraction of sp³-hybridized carbons (Fsp3) is 0.619. The van der Waals surface area contributed by atoms with E-state index in [4.69, 9.17) is 0 Å². The molecule has 0 heterocycles. The van der Waals surface area contributed by atoms with Gasteiger partial charge in [-0.2, -0.15) is 0 Å². The normalized spacial score (nSPS) is 35.6. The average Bonchev–Trinajstić information content (AvgIpc) is 2.58. The van der Waals surface area contributed by atoms with Crippen molar-refractivity contribution < 1.29 is 9.59 Å². The number of nitrogens with one attached hydrogen (secondary N) is 2. The van der Waals surface area contributed by atoms with Gasteiger partial charge in [0.05, 0.1) is 0 Å². The Morgan fingerprint density at radius 2 is 1.60 bits per heavy atom. The minimum absolute atomic E-state index is 0.0225. The molecule has 4 bridgehead atoms. The molecule has 134 valence electrons. The van der Waals surface area contributed by atoms with E-state index in [9.17, 15) is 9.59 Å². The van der Waals surface area contributed by atoms with E-state index in [-0.39, 0.29) is 17.7 Å². The fourth-order valence-corrected chi connectivity index (χ4v) is 5.88. The van der Waals surface area contributed by atoms with E-state index in [1.165, 1.54) is 12.0 Å². The van der Waals surface area contributed by atoms with E-state index in [1.807, 2.05) is 12.1 Å². The lowest BCUT2D eigenvalue weighted by atomic mass is 9.48. The lowest BCUT2D eigenvalue weighted by Crippen LogP contribution is -2.70. The monoisotopic (exact) mass is 340 g/mol. The van der Waals surface area contributed by atoms with Crippen LogP contribution in [-0.4, -0.2) is 17.9 Å². The molecular weight excluding hydrogens is 312 g/mol. The Morgan fingerprint density at radius 3 is 2.08 bits per heavy atom. The summed E-state index contributed by atoms with van der Waals surface area (Å²) in [5.74, 6) is 2.51. The molecule has 4 nitrogen and oxygen atoms in total. The molecule has 0 aliphatic heterocycles. The van der Waals surface area contributed by atoms with Gasteiger partial charge in [-0.15, -0.1) is 0 Å². The summed E-state index contributed by atoms with van der Waals surface area (Å²) in [4.78, 5) is 24.7. The molecule has 4 fully saturated rings. The maximum Gasteiger partial charge on any atom is 0.250 e. The van der Waals surface area contributed by atoms with Crippen molar-refractivity contribution in [2.24, 2.45) is 23.7 Å². The van der Waals surface area contributed by atoms with Gasteiger partial charge < -0.3 is 10.6 Å². The van der Waals surface area contributed by atoms with Crippen molar-refractivity contribution in [2.45, 2.75) is 57.4 Å². The lowest BCUT2D eigenvalue weighted by Gasteiger charge is -2.59. The quantitative estimate of drug-likeness (QED) is 0.803. The molecule has 1 aromatic rings. The van der Waals surface area contributed by atoms with Gasteiger partial charge in [0, 0.05) is 5.69 Å². The molecular formula is C21H28N2O2. The largest absolute Gasteiger partial charge is 0.344 e. The van der Waals surface area contributed by atoms with Crippen LogP contribution in [0.3, 0.4) is 0 Å². The maximum absolute atomic E-state index is 13.3. The van der Waals surface area contributed by atoms with E-state index < -0.39 is 5.54 Å². The summed E-state index contributed by atoms with van der Waals surface area (Å²) in [5.41, 5.74) is 1.36. The van der Waals surface area contributed by atoms with Crippen molar-refractivity contribution >= 4 is 18.0 Å². The van der Waals surface area contributed by atoms with Crippen molar-refractivity contribution in [3.63, 3.8) is 0 Å². The third kappa shape index (κ3) is 2.66. The maximum atomic E-state index is 13.3. The second-order valence-corrected chi connectivity index (χ2v) is 8.67. The van der Waals surface area contributed by atoms with Crippen LogP contribution in [-0.2, 0) is 9.59 Å². The zero-order chi connectivity index (χ0) is 17.6. The molecule has 4 saturated carbocycles.